The highest BCUT2D eigenvalue weighted by molar-refractivity contribution is 7.91. The molecule has 1 saturated heterocycles. The zero-order valence-electron chi connectivity index (χ0n) is 13.4. The summed E-state index contributed by atoms with van der Waals surface area (Å²) in [5.74, 6) is -0.630. The number of nitrogens with one attached hydrogen (secondary N) is 2. The predicted octanol–water partition coefficient (Wildman–Crippen LogP) is 1.07. The van der Waals surface area contributed by atoms with Crippen LogP contribution in [0.2, 0.25) is 0 Å². The number of aromatic nitrogens is 4. The van der Waals surface area contributed by atoms with Gasteiger partial charge in [-0.1, -0.05) is 0 Å². The van der Waals surface area contributed by atoms with E-state index in [0.717, 1.165) is 0 Å². The van der Waals surface area contributed by atoms with E-state index < -0.39 is 46.8 Å². The fourth-order valence-electron chi connectivity index (χ4n) is 2.93. The number of hydrogen-bond donors (Lipinski definition) is 2. The van der Waals surface area contributed by atoms with Crippen molar-refractivity contribution in [3.63, 3.8) is 0 Å². The highest BCUT2D eigenvalue weighted by atomic mass is 32.2. The van der Waals surface area contributed by atoms with Crippen molar-refractivity contribution in [2.75, 3.05) is 11.5 Å². The van der Waals surface area contributed by atoms with Gasteiger partial charge in [-0.2, -0.15) is 13.2 Å². The molecule has 26 heavy (non-hydrogen) atoms. The van der Waals surface area contributed by atoms with Crippen molar-refractivity contribution in [3.8, 4) is 11.6 Å². The molecule has 0 unspecified atom stereocenters. The summed E-state index contributed by atoms with van der Waals surface area (Å²) >= 11 is 0. The monoisotopic (exact) mass is 391 g/mol. The quantitative estimate of drug-likeness (QED) is 0.792. The van der Waals surface area contributed by atoms with E-state index in [1.54, 1.807) is 17.0 Å². The van der Waals surface area contributed by atoms with E-state index in [2.05, 4.69) is 20.3 Å². The third-order valence-corrected chi connectivity index (χ3v) is 5.76. The van der Waals surface area contributed by atoms with Crippen molar-refractivity contribution < 1.29 is 26.4 Å². The second-order valence-corrected chi connectivity index (χ2v) is 8.18. The first-order chi connectivity index (χ1) is 12.1. The minimum absolute atomic E-state index is 0.249. The Morgan fingerprint density at radius 1 is 1.31 bits per heavy atom. The van der Waals surface area contributed by atoms with Crippen molar-refractivity contribution in [3.05, 3.63) is 24.8 Å². The Balaban J connectivity index is 1.80. The lowest BCUT2D eigenvalue weighted by Gasteiger charge is -2.22. The van der Waals surface area contributed by atoms with Gasteiger partial charge in [-0.05, 0) is 0 Å². The molecule has 1 fully saturated rings. The summed E-state index contributed by atoms with van der Waals surface area (Å²) in [6, 6.07) is -1.53. The first kappa shape index (κ1) is 18.4. The van der Waals surface area contributed by atoms with Crippen LogP contribution in [-0.2, 0) is 14.6 Å². The van der Waals surface area contributed by atoms with Crippen LogP contribution in [-0.4, -0.2) is 57.6 Å². The summed E-state index contributed by atoms with van der Waals surface area (Å²) < 4.78 is 62.5. The van der Waals surface area contributed by atoms with Crippen LogP contribution in [0.3, 0.4) is 0 Å². The second kappa shape index (κ2) is 6.74. The summed E-state index contributed by atoms with van der Waals surface area (Å²) in [5.41, 5.74) is 0. The third kappa shape index (κ3) is 4.23. The molecule has 0 spiro atoms. The molecule has 3 heterocycles. The highest BCUT2D eigenvalue weighted by Crippen LogP contribution is 2.28. The molecule has 8 nitrogen and oxygen atoms in total. The van der Waals surface area contributed by atoms with Gasteiger partial charge >= 0.3 is 6.18 Å². The Kier molecular flexibility index (Phi) is 4.78. The summed E-state index contributed by atoms with van der Waals surface area (Å²) in [6.45, 7) is 0. The smallest absolute Gasteiger partial charge is 0.350 e. The molecule has 0 radical (unpaired) electrons. The van der Waals surface area contributed by atoms with Gasteiger partial charge < -0.3 is 14.9 Å². The molecule has 1 aliphatic heterocycles. The normalized spacial score (nSPS) is 22.4. The van der Waals surface area contributed by atoms with Gasteiger partial charge in [0.1, 0.15) is 0 Å². The standard InChI is InChI=1S/C14H16F3N5O3S/c15-14(16,17)2-1-11(23)21-9-7-26(24,25)8-10(9)22-6-5-20-13(22)12-18-3-4-19-12/h3-6,9-10H,1-2,7-8H2,(H,18,19)(H,21,23)/t9-,10-/m1/s1. The molecule has 2 aromatic heterocycles. The van der Waals surface area contributed by atoms with Gasteiger partial charge in [0, 0.05) is 31.2 Å². The van der Waals surface area contributed by atoms with Crippen molar-refractivity contribution in [1.82, 2.24) is 24.8 Å². The maximum Gasteiger partial charge on any atom is 0.389 e. The topological polar surface area (TPSA) is 110 Å². The van der Waals surface area contributed by atoms with Crippen LogP contribution in [0.15, 0.2) is 24.8 Å². The van der Waals surface area contributed by atoms with E-state index in [9.17, 15) is 26.4 Å². The van der Waals surface area contributed by atoms with Gasteiger partial charge in [0.15, 0.2) is 21.5 Å². The van der Waals surface area contributed by atoms with Crippen molar-refractivity contribution in [2.24, 2.45) is 0 Å². The number of aromatic amines is 1. The summed E-state index contributed by atoms with van der Waals surface area (Å²) in [5, 5.41) is 2.42. The number of halogens is 3. The summed E-state index contributed by atoms with van der Waals surface area (Å²) in [6.07, 6.45) is -0.349. The van der Waals surface area contributed by atoms with Crippen LogP contribution < -0.4 is 5.32 Å². The molecule has 3 rings (SSSR count). The van der Waals surface area contributed by atoms with Crippen molar-refractivity contribution in [1.29, 1.82) is 0 Å². The van der Waals surface area contributed by atoms with Gasteiger partial charge in [-0.25, -0.2) is 18.4 Å². The van der Waals surface area contributed by atoms with Crippen LogP contribution >= 0.6 is 0 Å². The van der Waals surface area contributed by atoms with Crippen LogP contribution in [0.4, 0.5) is 13.2 Å². The number of alkyl halides is 3. The first-order valence-electron chi connectivity index (χ1n) is 7.74. The van der Waals surface area contributed by atoms with E-state index in [4.69, 9.17) is 0 Å². The number of carbonyl (C=O) groups excluding carboxylic acids is 1. The Bertz CT molecular complexity index is 876. The van der Waals surface area contributed by atoms with E-state index in [1.807, 2.05) is 0 Å². The SMILES string of the molecule is O=C(CCC(F)(F)F)N[C@@H]1CS(=O)(=O)C[C@H]1n1ccnc1-c1ncc[nH]1. The van der Waals surface area contributed by atoms with Gasteiger partial charge in [-0.3, -0.25) is 4.79 Å². The summed E-state index contributed by atoms with van der Waals surface area (Å²) in [7, 11) is -3.46. The number of rotatable bonds is 5. The van der Waals surface area contributed by atoms with E-state index in [-0.39, 0.29) is 11.5 Å². The van der Waals surface area contributed by atoms with Crippen molar-refractivity contribution in [2.45, 2.75) is 31.1 Å². The average molecular weight is 391 g/mol. The van der Waals surface area contributed by atoms with Gasteiger partial charge in [-0.15, -0.1) is 0 Å². The van der Waals surface area contributed by atoms with E-state index in [0.29, 0.717) is 11.6 Å². The molecule has 1 amide bonds. The Morgan fingerprint density at radius 2 is 2.08 bits per heavy atom. The van der Waals surface area contributed by atoms with Gasteiger partial charge in [0.05, 0.1) is 30.0 Å². The van der Waals surface area contributed by atoms with Crippen molar-refractivity contribution >= 4 is 15.7 Å². The van der Waals surface area contributed by atoms with Crippen LogP contribution in [0, 0.1) is 0 Å². The molecule has 2 atom stereocenters. The van der Waals surface area contributed by atoms with Gasteiger partial charge in [0.25, 0.3) is 0 Å². The maximum absolute atomic E-state index is 12.3. The number of sulfone groups is 1. The average Bonchev–Trinajstić information content (AvgIpc) is 3.23. The number of nitrogens with zero attached hydrogens (tertiary/aromatic N) is 3. The molecule has 142 valence electrons. The lowest BCUT2D eigenvalue weighted by Crippen LogP contribution is -2.41. The molecule has 2 aromatic rings. The number of hydrogen-bond acceptors (Lipinski definition) is 5. The largest absolute Gasteiger partial charge is 0.389 e. The molecule has 0 saturated carbocycles. The molecular weight excluding hydrogens is 375 g/mol. The number of H-pyrrole nitrogens is 1. The van der Waals surface area contributed by atoms with E-state index >= 15 is 0 Å². The number of carbonyl (C=O) groups is 1. The molecule has 0 aliphatic carbocycles. The van der Waals surface area contributed by atoms with Crippen LogP contribution in [0.25, 0.3) is 11.6 Å². The lowest BCUT2D eigenvalue weighted by molar-refractivity contribution is -0.144. The molecule has 12 heteroatoms. The number of amides is 1. The number of imidazole rings is 2. The minimum Gasteiger partial charge on any atom is -0.350 e. The van der Waals surface area contributed by atoms with Crippen LogP contribution in [0.1, 0.15) is 18.9 Å². The molecule has 1 aliphatic rings. The minimum atomic E-state index is -4.45. The van der Waals surface area contributed by atoms with Crippen LogP contribution in [0.5, 0.6) is 0 Å². The summed E-state index contributed by atoms with van der Waals surface area (Å²) in [4.78, 5) is 22.9. The molecular formula is C14H16F3N5O3S. The maximum atomic E-state index is 12.3. The second-order valence-electron chi connectivity index (χ2n) is 6.03. The Hall–Kier alpha value is -2.37. The third-order valence-electron chi connectivity index (χ3n) is 4.04. The Morgan fingerprint density at radius 3 is 2.73 bits per heavy atom. The lowest BCUT2D eigenvalue weighted by atomic mass is 10.1. The molecule has 0 bridgehead atoms. The molecule has 0 aromatic carbocycles. The fraction of sp³-hybridized carbons (Fsp3) is 0.500. The van der Waals surface area contributed by atoms with E-state index in [1.165, 1.54) is 12.4 Å². The Labute approximate surface area is 146 Å². The predicted molar refractivity (Wildman–Crippen MR) is 84.7 cm³/mol. The zero-order valence-corrected chi connectivity index (χ0v) is 14.2. The fourth-order valence-corrected chi connectivity index (χ4v) is 4.83. The zero-order chi connectivity index (χ0) is 18.9. The first-order valence-corrected chi connectivity index (χ1v) is 9.56. The molecule has 2 N–H and O–H groups in total. The highest BCUT2D eigenvalue weighted by Gasteiger charge is 2.41. The van der Waals surface area contributed by atoms with Gasteiger partial charge in [0.2, 0.25) is 5.91 Å².